The number of amides is 2. The molecule has 1 aliphatic rings. The molecule has 0 saturated carbocycles. The first-order valence-corrected chi connectivity index (χ1v) is 7.07. The molecule has 1 aliphatic heterocycles. The number of halogens is 1. The van der Waals surface area contributed by atoms with E-state index < -0.39 is 0 Å². The maximum absolute atomic E-state index is 13.0. The Kier molecular flexibility index (Phi) is 4.11. The van der Waals surface area contributed by atoms with E-state index in [1.165, 1.54) is 12.1 Å². The highest BCUT2D eigenvalue weighted by Gasteiger charge is 2.28. The lowest BCUT2D eigenvalue weighted by atomic mass is 10.2. The third-order valence-electron chi connectivity index (χ3n) is 3.22. The Bertz CT molecular complexity index is 441. The molecule has 1 fully saturated rings. The van der Waals surface area contributed by atoms with Crippen LogP contribution in [0.1, 0.15) is 13.8 Å². The fraction of sp³-hybridized carbons (Fsp3) is 0.462. The quantitative estimate of drug-likeness (QED) is 0.848. The van der Waals surface area contributed by atoms with Gasteiger partial charge in [0.2, 0.25) is 0 Å². The Morgan fingerprint density at radius 2 is 2.28 bits per heavy atom. The molecule has 18 heavy (non-hydrogen) atoms. The predicted octanol–water partition coefficient (Wildman–Crippen LogP) is 3.18. The Morgan fingerprint density at radius 3 is 3.00 bits per heavy atom. The summed E-state index contributed by atoms with van der Waals surface area (Å²) in [6.07, 6.45) is 0. The molecule has 2 rings (SSSR count). The average Bonchev–Trinajstić information content (AvgIpc) is 2.32. The topological polar surface area (TPSA) is 32.3 Å². The van der Waals surface area contributed by atoms with Crippen molar-refractivity contribution in [3.8, 4) is 0 Å². The normalized spacial score (nSPS) is 23.8. The second-order valence-corrected chi connectivity index (χ2v) is 5.94. The van der Waals surface area contributed by atoms with Gasteiger partial charge in [-0.2, -0.15) is 11.8 Å². The van der Waals surface area contributed by atoms with Crippen LogP contribution in [0.5, 0.6) is 0 Å². The van der Waals surface area contributed by atoms with E-state index in [1.54, 1.807) is 12.1 Å². The molecule has 2 amide bonds. The van der Waals surface area contributed by atoms with Crippen molar-refractivity contribution in [2.45, 2.75) is 25.1 Å². The van der Waals surface area contributed by atoms with Crippen LogP contribution in [0.2, 0.25) is 0 Å². The van der Waals surface area contributed by atoms with Crippen molar-refractivity contribution in [1.82, 2.24) is 4.90 Å². The third-order valence-corrected chi connectivity index (χ3v) is 4.56. The summed E-state index contributed by atoms with van der Waals surface area (Å²) >= 11 is 1.87. The van der Waals surface area contributed by atoms with Crippen LogP contribution >= 0.6 is 11.8 Å². The summed E-state index contributed by atoms with van der Waals surface area (Å²) < 4.78 is 13.0. The maximum atomic E-state index is 13.0. The van der Waals surface area contributed by atoms with Crippen molar-refractivity contribution >= 4 is 23.5 Å². The van der Waals surface area contributed by atoms with Crippen molar-refractivity contribution in [3.05, 3.63) is 30.1 Å². The van der Waals surface area contributed by atoms with Crippen molar-refractivity contribution in [2.24, 2.45) is 0 Å². The highest BCUT2D eigenvalue weighted by atomic mass is 32.2. The van der Waals surface area contributed by atoms with Gasteiger partial charge in [-0.25, -0.2) is 9.18 Å². The van der Waals surface area contributed by atoms with Crippen LogP contribution in [-0.2, 0) is 0 Å². The SMILES string of the molecule is C[C@@H]1SCCN(C(=O)Nc2cccc(F)c2)[C@H]1C. The number of anilines is 1. The minimum atomic E-state index is -0.344. The van der Waals surface area contributed by atoms with Crippen LogP contribution in [0.25, 0.3) is 0 Å². The second kappa shape index (κ2) is 5.61. The lowest BCUT2D eigenvalue weighted by molar-refractivity contribution is 0.194. The number of carbonyl (C=O) groups excluding carboxylic acids is 1. The summed E-state index contributed by atoms with van der Waals surface area (Å²) in [4.78, 5) is 13.9. The monoisotopic (exact) mass is 268 g/mol. The standard InChI is InChI=1S/C13H17FN2OS/c1-9-10(2)18-7-6-16(9)13(17)15-12-5-3-4-11(14)8-12/h3-5,8-10H,6-7H2,1-2H3,(H,15,17)/t9-,10-/m0/s1. The average molecular weight is 268 g/mol. The minimum absolute atomic E-state index is 0.153. The fourth-order valence-corrected chi connectivity index (χ4v) is 3.08. The summed E-state index contributed by atoms with van der Waals surface area (Å²) in [7, 11) is 0. The lowest BCUT2D eigenvalue weighted by Gasteiger charge is -2.37. The zero-order valence-corrected chi connectivity index (χ0v) is 11.3. The van der Waals surface area contributed by atoms with E-state index >= 15 is 0 Å². The van der Waals surface area contributed by atoms with Crippen molar-refractivity contribution < 1.29 is 9.18 Å². The molecule has 3 nitrogen and oxygen atoms in total. The molecule has 0 aliphatic carbocycles. The summed E-state index contributed by atoms with van der Waals surface area (Å²) in [6, 6.07) is 6.00. The first-order valence-electron chi connectivity index (χ1n) is 6.02. The Morgan fingerprint density at radius 1 is 1.50 bits per heavy atom. The zero-order valence-electron chi connectivity index (χ0n) is 10.5. The van der Waals surface area contributed by atoms with Crippen LogP contribution in [0.4, 0.5) is 14.9 Å². The molecular formula is C13H17FN2OS. The number of carbonyl (C=O) groups is 1. The van der Waals surface area contributed by atoms with Gasteiger partial charge in [-0.1, -0.05) is 13.0 Å². The van der Waals surface area contributed by atoms with E-state index in [-0.39, 0.29) is 17.9 Å². The number of urea groups is 1. The van der Waals surface area contributed by atoms with Gasteiger partial charge >= 0.3 is 6.03 Å². The predicted molar refractivity (Wildman–Crippen MR) is 73.5 cm³/mol. The van der Waals surface area contributed by atoms with Crippen LogP contribution in [0.15, 0.2) is 24.3 Å². The molecule has 1 aromatic rings. The molecular weight excluding hydrogens is 251 g/mol. The minimum Gasteiger partial charge on any atom is -0.320 e. The molecule has 1 saturated heterocycles. The molecule has 1 heterocycles. The molecule has 98 valence electrons. The van der Waals surface area contributed by atoms with Crippen LogP contribution in [0.3, 0.4) is 0 Å². The molecule has 0 bridgehead atoms. The van der Waals surface area contributed by atoms with Crippen molar-refractivity contribution in [3.63, 3.8) is 0 Å². The summed E-state index contributed by atoms with van der Waals surface area (Å²) in [6.45, 7) is 4.90. The number of rotatable bonds is 1. The molecule has 1 N–H and O–H groups in total. The number of hydrogen-bond acceptors (Lipinski definition) is 2. The van der Waals surface area contributed by atoms with Gasteiger partial charge in [0.1, 0.15) is 5.82 Å². The summed E-state index contributed by atoms with van der Waals surface area (Å²) in [5, 5.41) is 3.17. The number of nitrogens with one attached hydrogen (secondary N) is 1. The van der Waals surface area contributed by atoms with Crippen molar-refractivity contribution in [2.75, 3.05) is 17.6 Å². The van der Waals surface area contributed by atoms with Gasteiger partial charge in [0, 0.05) is 29.3 Å². The molecule has 0 spiro atoms. The molecule has 0 radical (unpaired) electrons. The van der Waals surface area contributed by atoms with Gasteiger partial charge in [-0.05, 0) is 25.1 Å². The number of thioether (sulfide) groups is 1. The second-order valence-electron chi connectivity index (χ2n) is 4.45. The van der Waals surface area contributed by atoms with Gasteiger partial charge in [-0.3, -0.25) is 0 Å². The van der Waals surface area contributed by atoms with Crippen LogP contribution in [-0.4, -0.2) is 34.5 Å². The van der Waals surface area contributed by atoms with Gasteiger partial charge < -0.3 is 10.2 Å². The molecule has 2 atom stereocenters. The molecule has 5 heteroatoms. The number of hydrogen-bond donors (Lipinski definition) is 1. The van der Waals surface area contributed by atoms with Crippen LogP contribution < -0.4 is 5.32 Å². The highest BCUT2D eigenvalue weighted by molar-refractivity contribution is 8.00. The fourth-order valence-electron chi connectivity index (χ4n) is 1.98. The smallest absolute Gasteiger partial charge is 0.320 e. The van der Waals surface area contributed by atoms with E-state index in [2.05, 4.69) is 12.2 Å². The Balaban J connectivity index is 2.03. The molecule has 0 unspecified atom stereocenters. The van der Waals surface area contributed by atoms with E-state index in [0.29, 0.717) is 10.9 Å². The van der Waals surface area contributed by atoms with E-state index in [4.69, 9.17) is 0 Å². The highest BCUT2D eigenvalue weighted by Crippen LogP contribution is 2.24. The van der Waals surface area contributed by atoms with Gasteiger partial charge in [0.25, 0.3) is 0 Å². The molecule has 1 aromatic carbocycles. The van der Waals surface area contributed by atoms with Gasteiger partial charge in [0.15, 0.2) is 0 Å². The first-order chi connectivity index (χ1) is 8.58. The lowest BCUT2D eigenvalue weighted by Crippen LogP contribution is -2.49. The van der Waals surface area contributed by atoms with Crippen molar-refractivity contribution in [1.29, 1.82) is 0 Å². The Hall–Kier alpha value is -1.23. The van der Waals surface area contributed by atoms with Crippen LogP contribution in [0, 0.1) is 5.82 Å². The Labute approximate surface area is 111 Å². The molecule has 0 aromatic heterocycles. The van der Waals surface area contributed by atoms with E-state index in [9.17, 15) is 9.18 Å². The van der Waals surface area contributed by atoms with E-state index in [0.717, 1.165) is 12.3 Å². The van der Waals surface area contributed by atoms with Gasteiger partial charge in [0.05, 0.1) is 0 Å². The summed E-state index contributed by atoms with van der Waals surface area (Å²) in [5.41, 5.74) is 0.498. The maximum Gasteiger partial charge on any atom is 0.322 e. The van der Waals surface area contributed by atoms with E-state index in [1.807, 2.05) is 23.6 Å². The van der Waals surface area contributed by atoms with Gasteiger partial charge in [-0.15, -0.1) is 0 Å². The number of benzene rings is 1. The first kappa shape index (κ1) is 13.2. The largest absolute Gasteiger partial charge is 0.322 e. The zero-order chi connectivity index (χ0) is 13.1. The number of nitrogens with zero attached hydrogens (tertiary/aromatic N) is 1. The third kappa shape index (κ3) is 2.96. The summed E-state index contributed by atoms with van der Waals surface area (Å²) in [5.74, 6) is 0.602.